The summed E-state index contributed by atoms with van der Waals surface area (Å²) in [5, 5.41) is 2.84. The Morgan fingerprint density at radius 2 is 2.00 bits per heavy atom. The van der Waals surface area contributed by atoms with Gasteiger partial charge in [0.1, 0.15) is 5.82 Å². The van der Waals surface area contributed by atoms with Crippen molar-refractivity contribution in [3.05, 3.63) is 53.9 Å². The summed E-state index contributed by atoms with van der Waals surface area (Å²) in [5.74, 6) is -0.341. The van der Waals surface area contributed by atoms with E-state index in [9.17, 15) is 9.18 Å². The molecule has 0 atom stereocenters. The quantitative estimate of drug-likeness (QED) is 0.873. The van der Waals surface area contributed by atoms with Crippen molar-refractivity contribution in [2.75, 3.05) is 0 Å². The molecule has 0 fully saturated rings. The lowest BCUT2D eigenvalue weighted by molar-refractivity contribution is 0.0902. The second kappa shape index (κ2) is 4.60. The van der Waals surface area contributed by atoms with Crippen LogP contribution in [0.25, 0.3) is 0 Å². The number of hydrogen-bond donors (Lipinski definition) is 2. The molecule has 0 bridgehead atoms. The van der Waals surface area contributed by atoms with Gasteiger partial charge in [0.25, 0.3) is 5.91 Å². The highest BCUT2D eigenvalue weighted by molar-refractivity contribution is 5.91. The number of aromatic amines is 1. The van der Waals surface area contributed by atoms with E-state index in [0.717, 1.165) is 5.56 Å². The third kappa shape index (κ3) is 2.56. The molecule has 0 aliphatic rings. The fourth-order valence-electron chi connectivity index (χ4n) is 1.67. The first kappa shape index (κ1) is 12.3. The molecule has 0 saturated carbocycles. The number of halogens is 1. The minimum Gasteiger partial charge on any atom is -0.341 e. The first-order valence-electron chi connectivity index (χ1n) is 5.57. The standard InChI is InChI=1S/C13H14FN3O/c1-13(2,9-3-5-10(14)6-4-9)17-12(18)11-15-7-8-16-11/h3-8H,1-2H3,(H,15,16)(H,17,18). The average molecular weight is 247 g/mol. The van der Waals surface area contributed by atoms with Gasteiger partial charge in [-0.15, -0.1) is 0 Å². The monoisotopic (exact) mass is 247 g/mol. The van der Waals surface area contributed by atoms with Crippen molar-refractivity contribution in [3.63, 3.8) is 0 Å². The summed E-state index contributed by atoms with van der Waals surface area (Å²) in [6, 6.07) is 6.04. The van der Waals surface area contributed by atoms with Crippen LogP contribution in [-0.2, 0) is 5.54 Å². The summed E-state index contributed by atoms with van der Waals surface area (Å²) < 4.78 is 12.9. The zero-order valence-corrected chi connectivity index (χ0v) is 10.2. The molecule has 2 rings (SSSR count). The second-order valence-electron chi connectivity index (χ2n) is 4.52. The predicted molar refractivity (Wildman–Crippen MR) is 65.5 cm³/mol. The first-order valence-corrected chi connectivity index (χ1v) is 5.57. The Balaban J connectivity index is 2.16. The number of H-pyrrole nitrogens is 1. The maximum absolute atomic E-state index is 12.9. The number of carbonyl (C=O) groups is 1. The molecule has 0 saturated heterocycles. The third-order valence-corrected chi connectivity index (χ3v) is 2.71. The molecule has 0 unspecified atom stereocenters. The van der Waals surface area contributed by atoms with Crippen LogP contribution < -0.4 is 5.32 Å². The van der Waals surface area contributed by atoms with Crippen molar-refractivity contribution in [3.8, 4) is 0 Å². The van der Waals surface area contributed by atoms with E-state index < -0.39 is 5.54 Å². The smallest absolute Gasteiger partial charge is 0.287 e. The van der Waals surface area contributed by atoms with Crippen molar-refractivity contribution in [1.82, 2.24) is 15.3 Å². The number of nitrogens with one attached hydrogen (secondary N) is 2. The van der Waals surface area contributed by atoms with Gasteiger partial charge in [0.05, 0.1) is 5.54 Å². The lowest BCUT2D eigenvalue weighted by Crippen LogP contribution is -2.41. The molecule has 2 aromatic rings. The van der Waals surface area contributed by atoms with E-state index in [0.29, 0.717) is 0 Å². The molecule has 0 spiro atoms. The Morgan fingerprint density at radius 3 is 2.56 bits per heavy atom. The van der Waals surface area contributed by atoms with Crippen LogP contribution in [0, 0.1) is 5.82 Å². The number of imidazole rings is 1. The molecule has 1 heterocycles. The van der Waals surface area contributed by atoms with Crippen molar-refractivity contribution in [2.45, 2.75) is 19.4 Å². The van der Waals surface area contributed by atoms with E-state index in [2.05, 4.69) is 15.3 Å². The summed E-state index contributed by atoms with van der Waals surface area (Å²) in [6.07, 6.45) is 3.10. The van der Waals surface area contributed by atoms with Crippen LogP contribution in [0.3, 0.4) is 0 Å². The lowest BCUT2D eigenvalue weighted by Gasteiger charge is -2.26. The van der Waals surface area contributed by atoms with E-state index in [-0.39, 0.29) is 17.5 Å². The largest absolute Gasteiger partial charge is 0.341 e. The van der Waals surface area contributed by atoms with Gasteiger partial charge < -0.3 is 10.3 Å². The van der Waals surface area contributed by atoms with Crippen LogP contribution in [0.1, 0.15) is 30.0 Å². The van der Waals surface area contributed by atoms with Crippen LogP contribution in [0.5, 0.6) is 0 Å². The summed E-state index contributed by atoms with van der Waals surface area (Å²) in [7, 11) is 0. The summed E-state index contributed by atoms with van der Waals surface area (Å²) in [6.45, 7) is 3.70. The molecule has 18 heavy (non-hydrogen) atoms. The predicted octanol–water partition coefficient (Wildman–Crippen LogP) is 2.21. The number of nitrogens with zero attached hydrogens (tertiary/aromatic N) is 1. The highest BCUT2D eigenvalue weighted by Gasteiger charge is 2.24. The van der Waals surface area contributed by atoms with Gasteiger partial charge in [0.15, 0.2) is 5.82 Å². The Kier molecular flexibility index (Phi) is 3.14. The number of amides is 1. The molecular formula is C13H14FN3O. The van der Waals surface area contributed by atoms with Crippen LogP contribution in [0.2, 0.25) is 0 Å². The number of carbonyl (C=O) groups excluding carboxylic acids is 1. The van der Waals surface area contributed by atoms with Gasteiger partial charge in [-0.1, -0.05) is 12.1 Å². The second-order valence-corrected chi connectivity index (χ2v) is 4.52. The summed E-state index contributed by atoms with van der Waals surface area (Å²) >= 11 is 0. The molecule has 2 N–H and O–H groups in total. The number of benzene rings is 1. The molecule has 0 radical (unpaired) electrons. The average Bonchev–Trinajstić information content (AvgIpc) is 2.82. The van der Waals surface area contributed by atoms with E-state index in [4.69, 9.17) is 0 Å². The fourth-order valence-corrected chi connectivity index (χ4v) is 1.67. The van der Waals surface area contributed by atoms with Crippen molar-refractivity contribution in [1.29, 1.82) is 0 Å². The van der Waals surface area contributed by atoms with Crippen molar-refractivity contribution in [2.24, 2.45) is 0 Å². The molecule has 94 valence electrons. The highest BCUT2D eigenvalue weighted by atomic mass is 19.1. The van der Waals surface area contributed by atoms with E-state index in [1.165, 1.54) is 18.3 Å². The van der Waals surface area contributed by atoms with Gasteiger partial charge in [-0.25, -0.2) is 9.37 Å². The molecule has 4 nitrogen and oxygen atoms in total. The van der Waals surface area contributed by atoms with Crippen molar-refractivity contribution >= 4 is 5.91 Å². The molecule has 1 aromatic heterocycles. The zero-order valence-electron chi connectivity index (χ0n) is 10.2. The van der Waals surface area contributed by atoms with E-state index in [1.807, 2.05) is 13.8 Å². The third-order valence-electron chi connectivity index (χ3n) is 2.71. The van der Waals surface area contributed by atoms with E-state index >= 15 is 0 Å². The van der Waals surface area contributed by atoms with Gasteiger partial charge in [-0.05, 0) is 31.5 Å². The fraction of sp³-hybridized carbons (Fsp3) is 0.231. The molecule has 0 aliphatic carbocycles. The maximum Gasteiger partial charge on any atom is 0.287 e. The van der Waals surface area contributed by atoms with Crippen LogP contribution in [0.4, 0.5) is 4.39 Å². The Hall–Kier alpha value is -2.17. The topological polar surface area (TPSA) is 57.8 Å². The Morgan fingerprint density at radius 1 is 1.33 bits per heavy atom. The van der Waals surface area contributed by atoms with E-state index in [1.54, 1.807) is 18.3 Å². The van der Waals surface area contributed by atoms with Crippen LogP contribution in [0.15, 0.2) is 36.7 Å². The van der Waals surface area contributed by atoms with Gasteiger partial charge in [0, 0.05) is 12.4 Å². The van der Waals surface area contributed by atoms with Crippen LogP contribution in [-0.4, -0.2) is 15.9 Å². The molecule has 5 heteroatoms. The van der Waals surface area contributed by atoms with Crippen molar-refractivity contribution < 1.29 is 9.18 Å². The molecule has 0 aliphatic heterocycles. The first-order chi connectivity index (χ1) is 8.49. The number of hydrogen-bond acceptors (Lipinski definition) is 2. The summed E-state index contributed by atoms with van der Waals surface area (Å²) in [5.41, 5.74) is 0.223. The molecule has 1 aromatic carbocycles. The minimum absolute atomic E-state index is 0.255. The van der Waals surface area contributed by atoms with Gasteiger partial charge >= 0.3 is 0 Å². The zero-order chi connectivity index (χ0) is 13.2. The molecular weight excluding hydrogens is 233 g/mol. The van der Waals surface area contributed by atoms with Gasteiger partial charge in [-0.2, -0.15) is 0 Å². The number of aromatic nitrogens is 2. The Labute approximate surface area is 104 Å². The minimum atomic E-state index is -0.600. The van der Waals surface area contributed by atoms with Crippen LogP contribution >= 0.6 is 0 Å². The summed E-state index contributed by atoms with van der Waals surface area (Å²) in [4.78, 5) is 18.5. The van der Waals surface area contributed by atoms with Gasteiger partial charge in [-0.3, -0.25) is 4.79 Å². The highest BCUT2D eigenvalue weighted by Crippen LogP contribution is 2.20. The maximum atomic E-state index is 12.9. The Bertz CT molecular complexity index is 532. The number of rotatable bonds is 3. The SMILES string of the molecule is CC(C)(NC(=O)c1ncc[nH]1)c1ccc(F)cc1. The molecule has 1 amide bonds. The lowest BCUT2D eigenvalue weighted by atomic mass is 9.94. The normalized spacial score (nSPS) is 11.3. The van der Waals surface area contributed by atoms with Gasteiger partial charge in [0.2, 0.25) is 0 Å².